The van der Waals surface area contributed by atoms with E-state index in [0.717, 1.165) is 12.1 Å². The molecule has 1 N–H and O–H groups in total. The fourth-order valence-electron chi connectivity index (χ4n) is 4.82. The average molecular weight is 647 g/mol. The van der Waals surface area contributed by atoms with E-state index in [2.05, 4.69) is 5.32 Å². The Balaban J connectivity index is 1.59. The number of hydrogen-bond donors (Lipinski definition) is 1. The van der Waals surface area contributed by atoms with E-state index in [1.54, 1.807) is 67.6 Å². The van der Waals surface area contributed by atoms with E-state index in [0.29, 0.717) is 16.7 Å². The number of hydrogen-bond acceptors (Lipinski definition) is 6. The lowest BCUT2D eigenvalue weighted by Crippen LogP contribution is -2.25. The van der Waals surface area contributed by atoms with Crippen LogP contribution in [0.2, 0.25) is 0 Å². The summed E-state index contributed by atoms with van der Waals surface area (Å²) in [6.07, 6.45) is -4.96. The van der Waals surface area contributed by atoms with Gasteiger partial charge in [0, 0.05) is 19.7 Å². The van der Waals surface area contributed by atoms with Crippen LogP contribution in [-0.2, 0) is 31.7 Å². The number of halogens is 3. The molecule has 244 valence electrons. The third-order valence-corrected chi connectivity index (χ3v) is 7.18. The maximum atomic E-state index is 13.6. The Morgan fingerprint density at radius 2 is 1.47 bits per heavy atom. The largest absolute Gasteiger partial charge is 0.465 e. The van der Waals surface area contributed by atoms with Crippen molar-refractivity contribution in [2.45, 2.75) is 25.4 Å². The van der Waals surface area contributed by atoms with Gasteiger partial charge in [-0.05, 0) is 53.4 Å². The number of amides is 2. The van der Waals surface area contributed by atoms with Crippen LogP contribution in [0.15, 0.2) is 97.1 Å². The highest BCUT2D eigenvalue weighted by Crippen LogP contribution is 2.34. The molecule has 1 unspecified atom stereocenters. The Hall–Kier alpha value is -5.45. The number of alkyl halides is 3. The minimum absolute atomic E-state index is 0.00979. The average Bonchev–Trinajstić information content (AvgIpc) is 3.05. The second-order valence-electron chi connectivity index (χ2n) is 10.7. The standard InChI is InChI=1S/C36H33F3N2O6/c1-4-46-35(45)30(25-13-9-6-10-14-25)22-47-32(42)20-23-15-18-31(29(19-23)34(44)41(2)3)40-33(43)28-21-26(36(37,38)39)16-17-27(28)24-11-7-5-8-12-24/h5-19,21,30H,4,20,22H2,1-3H3,(H,40,43). The molecule has 8 nitrogen and oxygen atoms in total. The molecule has 11 heteroatoms. The Morgan fingerprint density at radius 3 is 2.09 bits per heavy atom. The summed E-state index contributed by atoms with van der Waals surface area (Å²) in [5, 5.41) is 2.59. The second kappa shape index (κ2) is 15.2. The Labute approximate surface area is 270 Å². The molecule has 0 saturated carbocycles. The summed E-state index contributed by atoms with van der Waals surface area (Å²) in [4.78, 5) is 53.4. The molecule has 0 aliphatic rings. The van der Waals surface area contributed by atoms with Crippen molar-refractivity contribution >= 4 is 29.4 Å². The van der Waals surface area contributed by atoms with E-state index in [4.69, 9.17) is 9.47 Å². The van der Waals surface area contributed by atoms with Gasteiger partial charge in [0.1, 0.15) is 12.5 Å². The quantitative estimate of drug-likeness (QED) is 0.181. The van der Waals surface area contributed by atoms with Gasteiger partial charge in [0.05, 0.1) is 29.8 Å². The first-order chi connectivity index (χ1) is 22.4. The van der Waals surface area contributed by atoms with Crippen LogP contribution in [0, 0.1) is 0 Å². The number of carbonyl (C=O) groups is 4. The van der Waals surface area contributed by atoms with Gasteiger partial charge in [-0.2, -0.15) is 13.2 Å². The number of rotatable bonds is 11. The van der Waals surface area contributed by atoms with E-state index in [-0.39, 0.29) is 42.0 Å². The molecule has 0 radical (unpaired) electrons. The zero-order chi connectivity index (χ0) is 34.1. The summed E-state index contributed by atoms with van der Waals surface area (Å²) >= 11 is 0. The molecular formula is C36H33F3N2O6. The zero-order valence-electron chi connectivity index (χ0n) is 26.0. The van der Waals surface area contributed by atoms with Crippen LogP contribution in [0.1, 0.15) is 50.2 Å². The molecule has 4 rings (SSSR count). The lowest BCUT2D eigenvalue weighted by molar-refractivity contribution is -0.150. The van der Waals surface area contributed by atoms with Crippen LogP contribution < -0.4 is 5.32 Å². The monoisotopic (exact) mass is 646 g/mol. The first-order valence-corrected chi connectivity index (χ1v) is 14.7. The molecule has 4 aromatic carbocycles. The van der Waals surface area contributed by atoms with E-state index in [1.165, 1.54) is 43.3 Å². The highest BCUT2D eigenvalue weighted by atomic mass is 19.4. The highest BCUT2D eigenvalue weighted by molar-refractivity contribution is 6.12. The normalized spacial score (nSPS) is 11.7. The number of anilines is 1. The van der Waals surface area contributed by atoms with Crippen molar-refractivity contribution in [2.75, 3.05) is 32.6 Å². The van der Waals surface area contributed by atoms with Crippen LogP contribution in [-0.4, -0.2) is 56.0 Å². The first-order valence-electron chi connectivity index (χ1n) is 14.7. The van der Waals surface area contributed by atoms with Crippen LogP contribution in [0.3, 0.4) is 0 Å². The molecule has 0 aliphatic carbocycles. The summed E-state index contributed by atoms with van der Waals surface area (Å²) in [7, 11) is 2.99. The minimum atomic E-state index is -4.69. The van der Waals surface area contributed by atoms with Gasteiger partial charge >= 0.3 is 18.1 Å². The summed E-state index contributed by atoms with van der Waals surface area (Å²) in [5.74, 6) is -3.43. The van der Waals surface area contributed by atoms with Crippen molar-refractivity contribution in [3.63, 3.8) is 0 Å². The van der Waals surface area contributed by atoms with Crippen LogP contribution in [0.4, 0.5) is 18.9 Å². The van der Waals surface area contributed by atoms with Crippen molar-refractivity contribution in [2.24, 2.45) is 0 Å². The van der Waals surface area contributed by atoms with Crippen molar-refractivity contribution < 1.29 is 41.8 Å². The fourth-order valence-corrected chi connectivity index (χ4v) is 4.82. The molecule has 0 heterocycles. The van der Waals surface area contributed by atoms with Crippen molar-refractivity contribution in [3.8, 4) is 11.1 Å². The summed E-state index contributed by atoms with van der Waals surface area (Å²) in [6.45, 7) is 1.57. The zero-order valence-corrected chi connectivity index (χ0v) is 26.0. The predicted octanol–water partition coefficient (Wildman–Crippen LogP) is 6.76. The predicted molar refractivity (Wildman–Crippen MR) is 170 cm³/mol. The number of benzene rings is 4. The molecule has 0 fully saturated rings. The third kappa shape index (κ3) is 8.84. The second-order valence-corrected chi connectivity index (χ2v) is 10.7. The molecule has 0 spiro atoms. The maximum absolute atomic E-state index is 13.6. The SMILES string of the molecule is CCOC(=O)C(COC(=O)Cc1ccc(NC(=O)c2cc(C(F)(F)F)ccc2-c2ccccc2)c(C(=O)N(C)C)c1)c1ccccc1. The van der Waals surface area contributed by atoms with Gasteiger partial charge in [-0.3, -0.25) is 19.2 Å². The molecular weight excluding hydrogens is 613 g/mol. The Kier molecular flexibility index (Phi) is 11.1. The van der Waals surface area contributed by atoms with Gasteiger partial charge in [-0.25, -0.2) is 0 Å². The van der Waals surface area contributed by atoms with E-state index >= 15 is 0 Å². The van der Waals surface area contributed by atoms with E-state index in [1.807, 2.05) is 0 Å². The molecule has 1 atom stereocenters. The van der Waals surface area contributed by atoms with E-state index < -0.39 is 41.4 Å². The van der Waals surface area contributed by atoms with Crippen LogP contribution in [0.5, 0.6) is 0 Å². The lowest BCUT2D eigenvalue weighted by atomic mass is 9.96. The van der Waals surface area contributed by atoms with Gasteiger partial charge in [0.25, 0.3) is 11.8 Å². The number of ether oxygens (including phenoxy) is 2. The molecule has 47 heavy (non-hydrogen) atoms. The van der Waals surface area contributed by atoms with Crippen molar-refractivity contribution in [3.05, 3.63) is 125 Å². The van der Waals surface area contributed by atoms with Gasteiger partial charge in [0.2, 0.25) is 0 Å². The molecule has 2 amide bonds. The summed E-state index contributed by atoms with van der Waals surface area (Å²) < 4.78 is 51.4. The van der Waals surface area contributed by atoms with Crippen molar-refractivity contribution in [1.82, 2.24) is 4.90 Å². The molecule has 4 aromatic rings. The van der Waals surface area contributed by atoms with Gasteiger partial charge in [-0.15, -0.1) is 0 Å². The molecule has 0 aromatic heterocycles. The fraction of sp³-hybridized carbons (Fsp3) is 0.222. The van der Waals surface area contributed by atoms with E-state index in [9.17, 15) is 32.3 Å². The summed E-state index contributed by atoms with van der Waals surface area (Å²) in [6, 6.07) is 24.4. The highest BCUT2D eigenvalue weighted by Gasteiger charge is 2.32. The molecule has 0 bridgehead atoms. The van der Waals surface area contributed by atoms with Gasteiger partial charge in [-0.1, -0.05) is 72.8 Å². The molecule has 0 aliphatic heterocycles. The third-order valence-electron chi connectivity index (χ3n) is 7.18. The first kappa shape index (κ1) is 34.4. The Bertz CT molecular complexity index is 1740. The number of nitrogens with zero attached hydrogens (tertiary/aromatic N) is 1. The smallest absolute Gasteiger partial charge is 0.416 e. The molecule has 0 saturated heterocycles. The Morgan fingerprint density at radius 1 is 0.809 bits per heavy atom. The maximum Gasteiger partial charge on any atom is 0.416 e. The van der Waals surface area contributed by atoms with Gasteiger partial charge < -0.3 is 19.7 Å². The van der Waals surface area contributed by atoms with Gasteiger partial charge in [0.15, 0.2) is 0 Å². The van der Waals surface area contributed by atoms with Crippen molar-refractivity contribution in [1.29, 1.82) is 0 Å². The lowest BCUT2D eigenvalue weighted by Gasteiger charge is -2.18. The van der Waals surface area contributed by atoms with Crippen LogP contribution in [0.25, 0.3) is 11.1 Å². The number of carbonyl (C=O) groups excluding carboxylic acids is 4. The summed E-state index contributed by atoms with van der Waals surface area (Å²) in [5.41, 5.74) is 0.595. The number of esters is 2. The number of nitrogens with one attached hydrogen (secondary N) is 1. The van der Waals surface area contributed by atoms with Crippen LogP contribution >= 0.6 is 0 Å². The topological polar surface area (TPSA) is 102 Å². The minimum Gasteiger partial charge on any atom is -0.465 e.